The minimum absolute atomic E-state index is 0.0129. The Labute approximate surface area is 130 Å². The van der Waals surface area contributed by atoms with Gasteiger partial charge in [0, 0.05) is 12.6 Å². The number of likely N-dealkylation sites (N-methyl/N-ethyl adjacent to an activating group) is 1. The number of rotatable bonds is 4. The largest absolute Gasteiger partial charge is 0.368 e. The van der Waals surface area contributed by atoms with Crippen LogP contribution in [0.3, 0.4) is 0 Å². The van der Waals surface area contributed by atoms with Gasteiger partial charge in [-0.2, -0.15) is 0 Å². The maximum atomic E-state index is 12.8. The van der Waals surface area contributed by atoms with Crippen molar-refractivity contribution < 1.29 is 14.4 Å². The predicted octanol–water partition coefficient (Wildman–Crippen LogP) is -2.08. The molecule has 2 rings (SSSR count). The highest BCUT2D eigenvalue weighted by Gasteiger charge is 2.43. The lowest BCUT2D eigenvalue weighted by Gasteiger charge is -2.35. The molecule has 22 heavy (non-hydrogen) atoms. The Bertz CT molecular complexity index is 456. The molecule has 0 aliphatic carbocycles. The van der Waals surface area contributed by atoms with Crippen LogP contribution in [0, 0.1) is 0 Å². The fraction of sp³-hybridized carbons (Fsp3) is 0.786. The van der Waals surface area contributed by atoms with E-state index in [2.05, 4.69) is 16.0 Å². The number of fused-ring (bicyclic) bond motifs is 1. The van der Waals surface area contributed by atoms with Crippen LogP contribution in [0.4, 0.5) is 0 Å². The molecule has 0 spiro atoms. The number of hydrogen-bond donors (Lipinski definition) is 4. The van der Waals surface area contributed by atoms with Gasteiger partial charge >= 0.3 is 0 Å². The first kappa shape index (κ1) is 16.7. The zero-order chi connectivity index (χ0) is 16.3. The van der Waals surface area contributed by atoms with Gasteiger partial charge in [-0.05, 0) is 39.8 Å². The van der Waals surface area contributed by atoms with Crippen molar-refractivity contribution in [1.29, 1.82) is 0 Å². The summed E-state index contributed by atoms with van der Waals surface area (Å²) < 4.78 is 0. The number of nitrogens with zero attached hydrogens (tertiary/aromatic N) is 1. The van der Waals surface area contributed by atoms with Gasteiger partial charge in [-0.1, -0.05) is 0 Å². The lowest BCUT2D eigenvalue weighted by molar-refractivity contribution is -0.143. The van der Waals surface area contributed by atoms with Crippen LogP contribution in [0.2, 0.25) is 0 Å². The molecule has 0 bridgehead atoms. The summed E-state index contributed by atoms with van der Waals surface area (Å²) in [7, 11) is 1.68. The van der Waals surface area contributed by atoms with E-state index >= 15 is 0 Å². The molecular weight excluding hydrogens is 286 g/mol. The van der Waals surface area contributed by atoms with Crippen molar-refractivity contribution in [3.05, 3.63) is 0 Å². The molecule has 3 amide bonds. The van der Waals surface area contributed by atoms with E-state index in [-0.39, 0.29) is 23.9 Å². The summed E-state index contributed by atoms with van der Waals surface area (Å²) in [5.74, 6) is -0.942. The second-order valence-electron chi connectivity index (χ2n) is 5.96. The third-order valence-electron chi connectivity index (χ3n) is 4.53. The minimum atomic E-state index is -0.675. The number of carbonyl (C=O) groups excluding carboxylic acids is 3. The summed E-state index contributed by atoms with van der Waals surface area (Å²) in [4.78, 5) is 38.0. The zero-order valence-electron chi connectivity index (χ0n) is 13.1. The Morgan fingerprint density at radius 2 is 2.09 bits per heavy atom. The highest BCUT2D eigenvalue weighted by atomic mass is 16.2. The van der Waals surface area contributed by atoms with E-state index in [0.717, 1.165) is 19.4 Å². The van der Waals surface area contributed by atoms with E-state index < -0.39 is 18.0 Å². The topological polar surface area (TPSA) is 117 Å². The predicted molar refractivity (Wildman–Crippen MR) is 80.8 cm³/mol. The molecule has 8 heteroatoms. The molecule has 2 heterocycles. The molecular formula is C14H25N5O3. The number of hydrogen-bond acceptors (Lipinski definition) is 5. The van der Waals surface area contributed by atoms with Gasteiger partial charge in [0.1, 0.15) is 12.1 Å². The smallest absolute Gasteiger partial charge is 0.247 e. The van der Waals surface area contributed by atoms with Gasteiger partial charge in [-0.25, -0.2) is 0 Å². The third kappa shape index (κ3) is 3.38. The molecule has 2 aliphatic heterocycles. The van der Waals surface area contributed by atoms with Crippen LogP contribution in [0.25, 0.3) is 0 Å². The Morgan fingerprint density at radius 3 is 2.73 bits per heavy atom. The summed E-state index contributed by atoms with van der Waals surface area (Å²) in [5.41, 5.74) is 5.43. The first-order valence-electron chi connectivity index (χ1n) is 7.75. The molecule has 4 atom stereocenters. The van der Waals surface area contributed by atoms with Crippen molar-refractivity contribution >= 4 is 17.7 Å². The third-order valence-corrected chi connectivity index (χ3v) is 4.53. The lowest BCUT2D eigenvalue weighted by Crippen LogP contribution is -2.61. The second kappa shape index (κ2) is 7.06. The van der Waals surface area contributed by atoms with Crippen molar-refractivity contribution in [2.45, 2.75) is 50.4 Å². The van der Waals surface area contributed by atoms with Gasteiger partial charge < -0.3 is 26.6 Å². The first-order valence-corrected chi connectivity index (χ1v) is 7.75. The van der Waals surface area contributed by atoms with Crippen LogP contribution in [-0.4, -0.2) is 66.9 Å². The normalized spacial score (nSPS) is 30.2. The number of nitrogens with two attached hydrogens (primary N) is 1. The Morgan fingerprint density at radius 1 is 1.36 bits per heavy atom. The van der Waals surface area contributed by atoms with E-state index in [1.54, 1.807) is 18.9 Å². The zero-order valence-corrected chi connectivity index (χ0v) is 13.1. The Kier molecular flexibility index (Phi) is 5.36. The van der Waals surface area contributed by atoms with Gasteiger partial charge in [0.2, 0.25) is 17.7 Å². The second-order valence-corrected chi connectivity index (χ2v) is 5.96. The van der Waals surface area contributed by atoms with Crippen LogP contribution >= 0.6 is 0 Å². The fourth-order valence-electron chi connectivity index (χ4n) is 3.10. The monoisotopic (exact) mass is 311 g/mol. The fourth-order valence-corrected chi connectivity index (χ4v) is 3.10. The van der Waals surface area contributed by atoms with Crippen molar-refractivity contribution in [3.8, 4) is 0 Å². The molecule has 8 nitrogen and oxygen atoms in total. The average molecular weight is 311 g/mol. The SMILES string of the molecule is CN[C@@H](C)C(=O)NC1CNCCC2CCC(C(N)=O)N2C1=O. The van der Waals surface area contributed by atoms with Gasteiger partial charge in [0.25, 0.3) is 0 Å². The number of nitrogens with one attached hydrogen (secondary N) is 3. The van der Waals surface area contributed by atoms with Crippen molar-refractivity contribution in [2.24, 2.45) is 5.73 Å². The molecule has 5 N–H and O–H groups in total. The van der Waals surface area contributed by atoms with Crippen LogP contribution in [0.5, 0.6) is 0 Å². The van der Waals surface area contributed by atoms with E-state index in [9.17, 15) is 14.4 Å². The van der Waals surface area contributed by atoms with Gasteiger partial charge in [-0.15, -0.1) is 0 Å². The van der Waals surface area contributed by atoms with Crippen LogP contribution in [0.1, 0.15) is 26.2 Å². The highest BCUT2D eigenvalue weighted by molar-refractivity contribution is 5.93. The summed E-state index contributed by atoms with van der Waals surface area (Å²) >= 11 is 0. The quantitative estimate of drug-likeness (QED) is 0.475. The molecule has 2 aliphatic rings. The van der Waals surface area contributed by atoms with Crippen LogP contribution in [-0.2, 0) is 14.4 Å². The molecule has 3 unspecified atom stereocenters. The Hall–Kier alpha value is -1.67. The van der Waals surface area contributed by atoms with E-state index in [1.165, 1.54) is 0 Å². The van der Waals surface area contributed by atoms with E-state index in [0.29, 0.717) is 13.0 Å². The summed E-state index contributed by atoms with van der Waals surface area (Å²) in [6.07, 6.45) is 2.16. The molecule has 2 saturated heterocycles. The summed E-state index contributed by atoms with van der Waals surface area (Å²) in [5, 5.41) is 8.78. The number of amides is 3. The first-order chi connectivity index (χ1) is 10.5. The standard InChI is InChI=1S/C14H25N5O3/c1-8(16-2)13(21)18-10-7-17-6-5-9-3-4-11(12(15)20)19(9)14(10)22/h8-11,16-17H,3-7H2,1-2H3,(H2,15,20)(H,18,21)/t8-,9?,10?,11?/m0/s1. The maximum Gasteiger partial charge on any atom is 0.247 e. The molecule has 2 fully saturated rings. The van der Waals surface area contributed by atoms with E-state index in [1.807, 2.05) is 0 Å². The van der Waals surface area contributed by atoms with Crippen molar-refractivity contribution in [2.75, 3.05) is 20.1 Å². The molecule has 124 valence electrons. The summed E-state index contributed by atoms with van der Waals surface area (Å²) in [6, 6.07) is -1.61. The average Bonchev–Trinajstić information content (AvgIpc) is 2.90. The van der Waals surface area contributed by atoms with E-state index in [4.69, 9.17) is 5.73 Å². The minimum Gasteiger partial charge on any atom is -0.368 e. The van der Waals surface area contributed by atoms with Gasteiger partial charge in [0.15, 0.2) is 0 Å². The number of carbonyl (C=O) groups is 3. The van der Waals surface area contributed by atoms with Crippen molar-refractivity contribution in [1.82, 2.24) is 20.9 Å². The van der Waals surface area contributed by atoms with Gasteiger partial charge in [0.05, 0.1) is 6.04 Å². The Balaban J connectivity index is 2.15. The number of primary amides is 1. The van der Waals surface area contributed by atoms with Crippen molar-refractivity contribution in [3.63, 3.8) is 0 Å². The molecule has 0 radical (unpaired) electrons. The van der Waals surface area contributed by atoms with Crippen LogP contribution < -0.4 is 21.7 Å². The molecule has 0 aromatic carbocycles. The van der Waals surface area contributed by atoms with Gasteiger partial charge in [-0.3, -0.25) is 14.4 Å². The lowest BCUT2D eigenvalue weighted by atomic mass is 10.1. The molecule has 0 saturated carbocycles. The molecule has 0 aromatic heterocycles. The van der Waals surface area contributed by atoms with Crippen LogP contribution in [0.15, 0.2) is 0 Å². The highest BCUT2D eigenvalue weighted by Crippen LogP contribution is 2.27. The maximum absolute atomic E-state index is 12.8. The molecule has 0 aromatic rings. The summed E-state index contributed by atoms with van der Waals surface area (Å²) in [6.45, 7) is 2.82.